The van der Waals surface area contributed by atoms with Crippen molar-refractivity contribution >= 4 is 11.6 Å². The molecule has 0 unspecified atom stereocenters. The lowest BCUT2D eigenvalue weighted by molar-refractivity contribution is 0.166. The summed E-state index contributed by atoms with van der Waals surface area (Å²) in [6.07, 6.45) is -0.0786. The van der Waals surface area contributed by atoms with Gasteiger partial charge in [0, 0.05) is 10.6 Å². The highest BCUT2D eigenvalue weighted by atomic mass is 35.5. The minimum Gasteiger partial charge on any atom is -0.496 e. The van der Waals surface area contributed by atoms with Crippen LogP contribution in [0, 0.1) is 0 Å². The Hall–Kier alpha value is -0.770. The molecule has 0 amide bonds. The van der Waals surface area contributed by atoms with E-state index in [1.165, 1.54) is 0 Å². The summed E-state index contributed by atoms with van der Waals surface area (Å²) in [7, 11) is 1.55. The third-order valence-electron chi connectivity index (χ3n) is 1.99. The van der Waals surface area contributed by atoms with Crippen molar-refractivity contribution in [3.05, 3.63) is 28.8 Å². The van der Waals surface area contributed by atoms with Crippen LogP contribution in [0.15, 0.2) is 18.2 Å². The van der Waals surface area contributed by atoms with Gasteiger partial charge in [0.2, 0.25) is 0 Å². The standard InChI is InChI=1S/C10H14ClNO2/c1-14-10-6-7(11)2-3-8(10)9(13)4-5-12/h2-3,6,9,13H,4-5,12H2,1H3/t9-/m0/s1. The van der Waals surface area contributed by atoms with Gasteiger partial charge in [0.05, 0.1) is 13.2 Å². The summed E-state index contributed by atoms with van der Waals surface area (Å²) >= 11 is 5.79. The van der Waals surface area contributed by atoms with Crippen molar-refractivity contribution in [3.63, 3.8) is 0 Å². The Morgan fingerprint density at radius 2 is 2.29 bits per heavy atom. The first-order chi connectivity index (χ1) is 6.69. The molecule has 0 bridgehead atoms. The van der Waals surface area contributed by atoms with E-state index in [0.29, 0.717) is 23.7 Å². The number of aliphatic hydroxyl groups is 1. The Morgan fingerprint density at radius 3 is 2.86 bits per heavy atom. The molecule has 1 aromatic rings. The van der Waals surface area contributed by atoms with Crippen LogP contribution in [0.1, 0.15) is 18.1 Å². The van der Waals surface area contributed by atoms with Crippen LogP contribution >= 0.6 is 11.6 Å². The molecule has 0 aliphatic heterocycles. The molecule has 0 heterocycles. The quantitative estimate of drug-likeness (QED) is 0.805. The molecule has 1 rings (SSSR count). The summed E-state index contributed by atoms with van der Waals surface area (Å²) in [5, 5.41) is 10.3. The molecule has 0 saturated heterocycles. The summed E-state index contributed by atoms with van der Waals surface area (Å²) < 4.78 is 5.11. The van der Waals surface area contributed by atoms with Crippen LogP contribution in [-0.2, 0) is 0 Å². The first-order valence-electron chi connectivity index (χ1n) is 4.40. The Bertz CT molecular complexity index is 304. The van der Waals surface area contributed by atoms with E-state index in [2.05, 4.69) is 0 Å². The summed E-state index contributed by atoms with van der Waals surface area (Å²) in [4.78, 5) is 0. The minimum absolute atomic E-state index is 0.437. The fourth-order valence-corrected chi connectivity index (χ4v) is 1.44. The molecule has 4 heteroatoms. The molecule has 0 aromatic heterocycles. The Morgan fingerprint density at radius 1 is 1.57 bits per heavy atom. The monoisotopic (exact) mass is 215 g/mol. The van der Waals surface area contributed by atoms with Crippen molar-refractivity contribution in [1.29, 1.82) is 0 Å². The second kappa shape index (κ2) is 5.20. The maximum atomic E-state index is 9.72. The summed E-state index contributed by atoms with van der Waals surface area (Å²) in [5.74, 6) is 0.596. The smallest absolute Gasteiger partial charge is 0.126 e. The molecule has 0 aliphatic carbocycles. The fraction of sp³-hybridized carbons (Fsp3) is 0.400. The summed E-state index contributed by atoms with van der Waals surface area (Å²) in [6, 6.07) is 5.15. The maximum absolute atomic E-state index is 9.72. The van der Waals surface area contributed by atoms with Crippen molar-refractivity contribution in [1.82, 2.24) is 0 Å². The van der Waals surface area contributed by atoms with Crippen molar-refractivity contribution in [2.24, 2.45) is 5.73 Å². The number of benzene rings is 1. The largest absolute Gasteiger partial charge is 0.496 e. The number of methoxy groups -OCH3 is 1. The molecule has 0 aliphatic rings. The number of hydrogen-bond donors (Lipinski definition) is 2. The normalized spacial score (nSPS) is 12.6. The topological polar surface area (TPSA) is 55.5 Å². The molecule has 78 valence electrons. The van der Waals surface area contributed by atoms with Gasteiger partial charge in [-0.3, -0.25) is 0 Å². The second-order valence-corrected chi connectivity index (χ2v) is 3.42. The average Bonchev–Trinajstić information content (AvgIpc) is 2.17. The lowest BCUT2D eigenvalue weighted by Gasteiger charge is -2.13. The van der Waals surface area contributed by atoms with Gasteiger partial charge in [-0.2, -0.15) is 0 Å². The number of aliphatic hydroxyl groups excluding tert-OH is 1. The van der Waals surface area contributed by atoms with Crippen LogP contribution in [0.25, 0.3) is 0 Å². The van der Waals surface area contributed by atoms with E-state index in [1.807, 2.05) is 0 Å². The summed E-state index contributed by atoms with van der Waals surface area (Å²) in [6.45, 7) is 0.437. The van der Waals surface area contributed by atoms with Crippen molar-refractivity contribution in [2.45, 2.75) is 12.5 Å². The van der Waals surface area contributed by atoms with Crippen LogP contribution in [0.4, 0.5) is 0 Å². The van der Waals surface area contributed by atoms with Gasteiger partial charge in [0.25, 0.3) is 0 Å². The van der Waals surface area contributed by atoms with Crippen molar-refractivity contribution in [3.8, 4) is 5.75 Å². The number of halogens is 1. The zero-order chi connectivity index (χ0) is 10.6. The number of nitrogens with two attached hydrogens (primary N) is 1. The predicted molar refractivity (Wildman–Crippen MR) is 56.6 cm³/mol. The van der Waals surface area contributed by atoms with Gasteiger partial charge in [0.15, 0.2) is 0 Å². The van der Waals surface area contributed by atoms with Gasteiger partial charge in [0.1, 0.15) is 5.75 Å². The van der Waals surface area contributed by atoms with Crippen LogP contribution in [0.2, 0.25) is 5.02 Å². The second-order valence-electron chi connectivity index (χ2n) is 2.98. The summed E-state index contributed by atoms with van der Waals surface area (Å²) in [5.41, 5.74) is 6.09. The van der Waals surface area contributed by atoms with Gasteiger partial charge >= 0.3 is 0 Å². The zero-order valence-corrected chi connectivity index (χ0v) is 8.79. The van der Waals surface area contributed by atoms with Gasteiger partial charge < -0.3 is 15.6 Å². The van der Waals surface area contributed by atoms with Gasteiger partial charge in [-0.15, -0.1) is 0 Å². The Kier molecular flexibility index (Phi) is 4.20. The third-order valence-corrected chi connectivity index (χ3v) is 2.23. The molecule has 14 heavy (non-hydrogen) atoms. The molecule has 0 fully saturated rings. The van der Waals surface area contributed by atoms with Gasteiger partial charge in [-0.05, 0) is 25.1 Å². The number of rotatable bonds is 4. The highest BCUT2D eigenvalue weighted by molar-refractivity contribution is 6.30. The van der Waals surface area contributed by atoms with E-state index in [-0.39, 0.29) is 0 Å². The molecule has 1 aromatic carbocycles. The molecule has 0 saturated carbocycles. The van der Waals surface area contributed by atoms with E-state index in [0.717, 1.165) is 5.56 Å². The lowest BCUT2D eigenvalue weighted by atomic mass is 10.1. The molecular formula is C10H14ClNO2. The van der Waals surface area contributed by atoms with Crippen molar-refractivity contribution in [2.75, 3.05) is 13.7 Å². The molecule has 0 radical (unpaired) electrons. The predicted octanol–water partition coefficient (Wildman–Crippen LogP) is 1.73. The van der Waals surface area contributed by atoms with Gasteiger partial charge in [-0.1, -0.05) is 17.7 Å². The van der Waals surface area contributed by atoms with Crippen LogP contribution in [-0.4, -0.2) is 18.8 Å². The SMILES string of the molecule is COc1cc(Cl)ccc1[C@@H](O)CCN. The average molecular weight is 216 g/mol. The fourth-order valence-electron chi connectivity index (χ4n) is 1.27. The highest BCUT2D eigenvalue weighted by Gasteiger charge is 2.12. The van der Waals surface area contributed by atoms with E-state index in [4.69, 9.17) is 22.1 Å². The highest BCUT2D eigenvalue weighted by Crippen LogP contribution is 2.29. The van der Waals surface area contributed by atoms with Crippen LogP contribution < -0.4 is 10.5 Å². The van der Waals surface area contributed by atoms with Gasteiger partial charge in [-0.25, -0.2) is 0 Å². The minimum atomic E-state index is -0.591. The Balaban J connectivity index is 2.95. The van der Waals surface area contributed by atoms with E-state index < -0.39 is 6.10 Å². The first-order valence-corrected chi connectivity index (χ1v) is 4.78. The van der Waals surface area contributed by atoms with Crippen molar-refractivity contribution < 1.29 is 9.84 Å². The first kappa shape index (κ1) is 11.3. The molecule has 3 N–H and O–H groups in total. The van der Waals surface area contributed by atoms with Crippen LogP contribution in [0.3, 0.4) is 0 Å². The van der Waals surface area contributed by atoms with E-state index in [9.17, 15) is 5.11 Å². The lowest BCUT2D eigenvalue weighted by Crippen LogP contribution is -2.07. The third kappa shape index (κ3) is 2.61. The van der Waals surface area contributed by atoms with E-state index >= 15 is 0 Å². The number of hydrogen-bond acceptors (Lipinski definition) is 3. The molecule has 0 spiro atoms. The maximum Gasteiger partial charge on any atom is 0.126 e. The van der Waals surface area contributed by atoms with Crippen LogP contribution in [0.5, 0.6) is 5.75 Å². The zero-order valence-electron chi connectivity index (χ0n) is 8.03. The number of ether oxygens (including phenoxy) is 1. The molecular weight excluding hydrogens is 202 g/mol. The Labute approximate surface area is 88.4 Å². The molecule has 1 atom stereocenters. The van der Waals surface area contributed by atoms with E-state index in [1.54, 1.807) is 25.3 Å². The molecule has 3 nitrogen and oxygen atoms in total.